The highest BCUT2D eigenvalue weighted by molar-refractivity contribution is 5.02. The third-order valence-electron chi connectivity index (χ3n) is 3.42. The van der Waals surface area contributed by atoms with Crippen molar-refractivity contribution < 1.29 is 14.6 Å². The summed E-state index contributed by atoms with van der Waals surface area (Å²) in [6, 6.07) is 0. The van der Waals surface area contributed by atoms with Gasteiger partial charge >= 0.3 is 0 Å². The number of ether oxygens (including phenoxy) is 2. The second kappa shape index (κ2) is 4.28. The zero-order valence-corrected chi connectivity index (χ0v) is 11.5. The minimum absolute atomic E-state index is 0.0987. The van der Waals surface area contributed by atoms with Crippen LogP contribution >= 0.6 is 0 Å². The van der Waals surface area contributed by atoms with Crippen molar-refractivity contribution in [3.8, 4) is 0 Å². The number of aliphatic hydroxyl groups is 1. The normalized spacial score (nSPS) is 31.3. The summed E-state index contributed by atoms with van der Waals surface area (Å²) in [6.45, 7) is 13.0. The highest BCUT2D eigenvalue weighted by Gasteiger charge is 2.53. The van der Waals surface area contributed by atoms with Crippen LogP contribution in [0.1, 0.15) is 48.0 Å². The molecule has 0 radical (unpaired) electrons. The summed E-state index contributed by atoms with van der Waals surface area (Å²) in [6.07, 6.45) is 0.861. The van der Waals surface area contributed by atoms with Crippen LogP contribution in [0.2, 0.25) is 0 Å². The number of hydrogen-bond donors (Lipinski definition) is 1. The van der Waals surface area contributed by atoms with Crippen molar-refractivity contribution in [3.63, 3.8) is 0 Å². The van der Waals surface area contributed by atoms with Gasteiger partial charge in [0.25, 0.3) is 0 Å². The average Bonchev–Trinajstić information content (AvgIpc) is 2.31. The van der Waals surface area contributed by atoms with Gasteiger partial charge in [0, 0.05) is 12.5 Å². The van der Waals surface area contributed by atoms with Gasteiger partial charge in [0.1, 0.15) is 0 Å². The molecule has 0 spiro atoms. The molecule has 16 heavy (non-hydrogen) atoms. The molecule has 0 aromatic heterocycles. The first-order chi connectivity index (χ1) is 7.11. The van der Waals surface area contributed by atoms with E-state index in [1.807, 2.05) is 27.7 Å². The summed E-state index contributed by atoms with van der Waals surface area (Å²) in [5, 5.41) is 10.5. The lowest BCUT2D eigenvalue weighted by atomic mass is 9.76. The standard InChI is InChI=1S/C13H26O3/c1-7-15-9-13(6,14)10-8-11(2,3)16-12(10,4)5/h10,14H,7-9H2,1-6H3. The summed E-state index contributed by atoms with van der Waals surface area (Å²) in [5.74, 6) is 0.0987. The predicted octanol–water partition coefficient (Wildman–Crippen LogP) is 2.37. The van der Waals surface area contributed by atoms with Crippen molar-refractivity contribution in [3.05, 3.63) is 0 Å². The fourth-order valence-electron chi connectivity index (χ4n) is 2.94. The molecule has 1 aliphatic rings. The molecule has 1 saturated heterocycles. The summed E-state index contributed by atoms with van der Waals surface area (Å²) >= 11 is 0. The topological polar surface area (TPSA) is 38.7 Å². The molecular formula is C13H26O3. The summed E-state index contributed by atoms with van der Waals surface area (Å²) in [7, 11) is 0. The van der Waals surface area contributed by atoms with Crippen LogP contribution in [0.5, 0.6) is 0 Å². The van der Waals surface area contributed by atoms with E-state index in [1.165, 1.54) is 0 Å². The lowest BCUT2D eigenvalue weighted by Gasteiger charge is -2.37. The molecule has 0 bridgehead atoms. The SMILES string of the molecule is CCOCC(C)(O)C1CC(C)(C)OC1(C)C. The highest BCUT2D eigenvalue weighted by Crippen LogP contribution is 2.46. The number of hydrogen-bond acceptors (Lipinski definition) is 3. The van der Waals surface area contributed by atoms with Crippen molar-refractivity contribution in [2.75, 3.05) is 13.2 Å². The molecule has 2 atom stereocenters. The molecule has 0 aromatic carbocycles. The van der Waals surface area contributed by atoms with Crippen molar-refractivity contribution in [2.24, 2.45) is 5.92 Å². The van der Waals surface area contributed by atoms with Crippen molar-refractivity contribution in [1.82, 2.24) is 0 Å². The lowest BCUT2D eigenvalue weighted by Crippen LogP contribution is -2.47. The van der Waals surface area contributed by atoms with E-state index < -0.39 is 5.60 Å². The zero-order chi connectivity index (χ0) is 12.6. The highest BCUT2D eigenvalue weighted by atomic mass is 16.5. The van der Waals surface area contributed by atoms with Crippen LogP contribution in [0.3, 0.4) is 0 Å². The Labute approximate surface area is 99.1 Å². The van der Waals surface area contributed by atoms with Gasteiger partial charge in [0.15, 0.2) is 0 Å². The van der Waals surface area contributed by atoms with E-state index in [1.54, 1.807) is 0 Å². The van der Waals surface area contributed by atoms with Crippen LogP contribution in [-0.4, -0.2) is 35.1 Å². The molecule has 0 saturated carbocycles. The summed E-state index contributed by atoms with van der Waals surface area (Å²) < 4.78 is 11.4. The van der Waals surface area contributed by atoms with Crippen LogP contribution in [0.15, 0.2) is 0 Å². The smallest absolute Gasteiger partial charge is 0.0908 e. The molecule has 1 fully saturated rings. The number of rotatable bonds is 4. The molecule has 1 rings (SSSR count). The fraction of sp³-hybridized carbons (Fsp3) is 1.00. The average molecular weight is 230 g/mol. The van der Waals surface area contributed by atoms with Gasteiger partial charge in [-0.25, -0.2) is 0 Å². The Morgan fingerprint density at radius 3 is 2.31 bits per heavy atom. The van der Waals surface area contributed by atoms with Gasteiger partial charge in [-0.3, -0.25) is 0 Å². The lowest BCUT2D eigenvalue weighted by molar-refractivity contribution is -0.128. The summed E-state index contributed by atoms with van der Waals surface area (Å²) in [5.41, 5.74) is -1.29. The first-order valence-corrected chi connectivity index (χ1v) is 6.11. The van der Waals surface area contributed by atoms with Gasteiger partial charge in [0.05, 0.1) is 23.4 Å². The molecule has 0 aromatic rings. The van der Waals surface area contributed by atoms with E-state index in [0.717, 1.165) is 6.42 Å². The second-order valence-corrected chi connectivity index (χ2v) is 6.22. The Hall–Kier alpha value is -0.120. The molecular weight excluding hydrogens is 204 g/mol. The Kier molecular flexibility index (Phi) is 3.73. The van der Waals surface area contributed by atoms with Gasteiger partial charge in [-0.05, 0) is 48.0 Å². The van der Waals surface area contributed by atoms with Crippen LogP contribution in [0.4, 0.5) is 0 Å². The molecule has 2 unspecified atom stereocenters. The van der Waals surface area contributed by atoms with Crippen LogP contribution in [0, 0.1) is 5.92 Å². The molecule has 3 nitrogen and oxygen atoms in total. The summed E-state index contributed by atoms with van der Waals surface area (Å²) in [4.78, 5) is 0. The fourth-order valence-corrected chi connectivity index (χ4v) is 2.94. The van der Waals surface area contributed by atoms with Gasteiger partial charge in [-0.2, -0.15) is 0 Å². The molecule has 0 amide bonds. The van der Waals surface area contributed by atoms with E-state index in [4.69, 9.17) is 9.47 Å². The minimum Gasteiger partial charge on any atom is -0.387 e. The third kappa shape index (κ3) is 2.96. The van der Waals surface area contributed by atoms with Crippen molar-refractivity contribution in [2.45, 2.75) is 64.8 Å². The molecule has 96 valence electrons. The molecule has 1 aliphatic heterocycles. The molecule has 1 heterocycles. The van der Waals surface area contributed by atoms with Gasteiger partial charge in [0.2, 0.25) is 0 Å². The largest absolute Gasteiger partial charge is 0.387 e. The quantitative estimate of drug-likeness (QED) is 0.806. The van der Waals surface area contributed by atoms with E-state index in [2.05, 4.69) is 13.8 Å². The zero-order valence-electron chi connectivity index (χ0n) is 11.5. The first-order valence-electron chi connectivity index (χ1n) is 6.11. The first kappa shape index (κ1) is 13.9. The van der Waals surface area contributed by atoms with Gasteiger partial charge < -0.3 is 14.6 Å². The van der Waals surface area contributed by atoms with Gasteiger partial charge in [-0.15, -0.1) is 0 Å². The van der Waals surface area contributed by atoms with Crippen molar-refractivity contribution >= 4 is 0 Å². The Morgan fingerprint density at radius 1 is 1.38 bits per heavy atom. The van der Waals surface area contributed by atoms with Crippen LogP contribution in [-0.2, 0) is 9.47 Å². The van der Waals surface area contributed by atoms with E-state index >= 15 is 0 Å². The van der Waals surface area contributed by atoms with E-state index in [-0.39, 0.29) is 17.1 Å². The van der Waals surface area contributed by atoms with E-state index in [0.29, 0.717) is 13.2 Å². The Bertz CT molecular complexity index is 244. The Balaban J connectivity index is 2.79. The maximum absolute atomic E-state index is 10.5. The predicted molar refractivity (Wildman–Crippen MR) is 64.5 cm³/mol. The molecule has 1 N–H and O–H groups in total. The molecule has 3 heteroatoms. The minimum atomic E-state index is -0.826. The monoisotopic (exact) mass is 230 g/mol. The maximum Gasteiger partial charge on any atom is 0.0908 e. The van der Waals surface area contributed by atoms with Crippen LogP contribution < -0.4 is 0 Å². The second-order valence-electron chi connectivity index (χ2n) is 6.22. The van der Waals surface area contributed by atoms with E-state index in [9.17, 15) is 5.11 Å². The molecule has 0 aliphatic carbocycles. The maximum atomic E-state index is 10.5. The van der Waals surface area contributed by atoms with Crippen LogP contribution in [0.25, 0.3) is 0 Å². The Morgan fingerprint density at radius 2 is 1.94 bits per heavy atom. The van der Waals surface area contributed by atoms with Crippen molar-refractivity contribution in [1.29, 1.82) is 0 Å². The van der Waals surface area contributed by atoms with Gasteiger partial charge in [-0.1, -0.05) is 0 Å². The third-order valence-corrected chi connectivity index (χ3v) is 3.42.